The van der Waals surface area contributed by atoms with Crippen molar-refractivity contribution in [2.24, 2.45) is 0 Å². The van der Waals surface area contributed by atoms with Gasteiger partial charge in [0.05, 0.1) is 10.9 Å². The Bertz CT molecular complexity index is 1420. The molecule has 5 heteroatoms. The van der Waals surface area contributed by atoms with Crippen LogP contribution in [-0.2, 0) is 0 Å². The number of thiophene rings is 1. The molecule has 30 heavy (non-hydrogen) atoms. The third-order valence-electron chi connectivity index (χ3n) is 5.22. The number of aromatic hydroxyl groups is 1. The average Bonchev–Trinajstić information content (AvgIpc) is 3.19. The van der Waals surface area contributed by atoms with E-state index in [1.807, 2.05) is 17.5 Å². The van der Waals surface area contributed by atoms with Crippen LogP contribution >= 0.6 is 11.3 Å². The van der Waals surface area contributed by atoms with Gasteiger partial charge in [-0.2, -0.15) is 0 Å². The third-order valence-corrected chi connectivity index (χ3v) is 6.11. The molecule has 0 fully saturated rings. The smallest absolute Gasteiger partial charge is 0.260 e. The Morgan fingerprint density at radius 2 is 1.70 bits per heavy atom. The highest BCUT2D eigenvalue weighted by molar-refractivity contribution is 7.17. The molecule has 0 aliphatic rings. The first-order valence-electron chi connectivity index (χ1n) is 9.56. The van der Waals surface area contributed by atoms with E-state index >= 15 is 0 Å². The number of aryl methyl sites for hydroxylation is 1. The Labute approximate surface area is 177 Å². The lowest BCUT2D eigenvalue weighted by molar-refractivity contribution is 0.483. The van der Waals surface area contributed by atoms with Crippen LogP contribution in [0.15, 0.2) is 83.2 Å². The van der Waals surface area contributed by atoms with E-state index in [1.165, 1.54) is 22.5 Å². The van der Waals surface area contributed by atoms with Gasteiger partial charge in [-0.05, 0) is 29.7 Å². The molecule has 4 nitrogen and oxygen atoms in total. The van der Waals surface area contributed by atoms with Gasteiger partial charge in [-0.15, -0.1) is 11.3 Å². The number of hydrogen-bond donors (Lipinski definition) is 2. The summed E-state index contributed by atoms with van der Waals surface area (Å²) in [4.78, 5) is 20.2. The maximum absolute atomic E-state index is 12.6. The van der Waals surface area contributed by atoms with E-state index in [0.29, 0.717) is 15.8 Å². The zero-order valence-electron chi connectivity index (χ0n) is 16.2. The van der Waals surface area contributed by atoms with Crippen LogP contribution in [0.2, 0.25) is 0 Å². The van der Waals surface area contributed by atoms with Crippen molar-refractivity contribution in [1.82, 2.24) is 9.97 Å². The van der Waals surface area contributed by atoms with Gasteiger partial charge in [0, 0.05) is 28.9 Å². The summed E-state index contributed by atoms with van der Waals surface area (Å²) in [5, 5.41) is 13.7. The minimum Gasteiger partial charge on any atom is -0.506 e. The van der Waals surface area contributed by atoms with Gasteiger partial charge in [0.2, 0.25) is 0 Å². The third kappa shape index (κ3) is 3.09. The monoisotopic (exact) mass is 410 g/mol. The molecule has 0 unspecified atom stereocenters. The molecule has 3 heterocycles. The fraction of sp³-hybridized carbons (Fsp3) is 0.0400. The lowest BCUT2D eigenvalue weighted by Crippen LogP contribution is -2.08. The van der Waals surface area contributed by atoms with Gasteiger partial charge in [0.15, 0.2) is 0 Å². The number of benzene rings is 2. The zero-order valence-corrected chi connectivity index (χ0v) is 17.0. The van der Waals surface area contributed by atoms with Gasteiger partial charge >= 0.3 is 0 Å². The second-order valence-electron chi connectivity index (χ2n) is 7.22. The number of hydrogen-bond acceptors (Lipinski definition) is 4. The van der Waals surface area contributed by atoms with Crippen molar-refractivity contribution in [3.63, 3.8) is 0 Å². The molecule has 5 aromatic rings. The van der Waals surface area contributed by atoms with Crippen molar-refractivity contribution in [1.29, 1.82) is 0 Å². The zero-order chi connectivity index (χ0) is 20.7. The molecule has 2 N–H and O–H groups in total. The number of aromatic amines is 1. The standard InChI is InChI=1S/C25H18N2O2S/c1-15-4-2-5-18(12-15)16-7-9-17(10-8-16)20-14-30-25-22(20)23(28)21(24(29)27-25)19-6-3-11-26-13-19/h2-14H,1H3,(H2,27,28,29). The van der Waals surface area contributed by atoms with Gasteiger partial charge in [-0.1, -0.05) is 60.2 Å². The van der Waals surface area contributed by atoms with Gasteiger partial charge in [-0.3, -0.25) is 9.78 Å². The van der Waals surface area contributed by atoms with Crippen molar-refractivity contribution in [3.05, 3.63) is 94.4 Å². The second-order valence-corrected chi connectivity index (χ2v) is 8.10. The Morgan fingerprint density at radius 1 is 0.933 bits per heavy atom. The number of fused-ring (bicyclic) bond motifs is 1. The minimum atomic E-state index is -0.323. The molecule has 5 rings (SSSR count). The molecule has 0 aliphatic carbocycles. The second kappa shape index (κ2) is 7.28. The Balaban J connectivity index is 1.64. The first-order valence-corrected chi connectivity index (χ1v) is 10.4. The summed E-state index contributed by atoms with van der Waals surface area (Å²) < 4.78 is 0. The number of pyridine rings is 2. The van der Waals surface area contributed by atoms with Gasteiger partial charge in [0.1, 0.15) is 10.6 Å². The van der Waals surface area contributed by atoms with Crippen LogP contribution < -0.4 is 5.56 Å². The summed E-state index contributed by atoms with van der Waals surface area (Å²) in [6.07, 6.45) is 3.22. The first kappa shape index (κ1) is 18.3. The lowest BCUT2D eigenvalue weighted by atomic mass is 9.98. The molecular weight excluding hydrogens is 392 g/mol. The summed E-state index contributed by atoms with van der Waals surface area (Å²) in [6.45, 7) is 2.08. The number of rotatable bonds is 3. The van der Waals surface area contributed by atoms with E-state index in [4.69, 9.17) is 0 Å². The van der Waals surface area contributed by atoms with E-state index in [-0.39, 0.29) is 16.9 Å². The minimum absolute atomic E-state index is 0.0132. The van der Waals surface area contributed by atoms with Crippen molar-refractivity contribution in [3.8, 4) is 39.1 Å². The van der Waals surface area contributed by atoms with Crippen molar-refractivity contribution >= 4 is 21.6 Å². The van der Waals surface area contributed by atoms with Crippen LogP contribution in [0.1, 0.15) is 5.56 Å². The molecule has 0 atom stereocenters. The molecule has 0 amide bonds. The number of nitrogens with zero attached hydrogens (tertiary/aromatic N) is 1. The SMILES string of the molecule is Cc1cccc(-c2ccc(-c3csc4[nH]c(=O)c(-c5cccnc5)c(O)c34)cc2)c1. The van der Waals surface area contributed by atoms with Crippen LogP contribution in [0.5, 0.6) is 5.75 Å². The number of nitrogens with one attached hydrogen (secondary N) is 1. The highest BCUT2D eigenvalue weighted by Crippen LogP contribution is 2.41. The van der Waals surface area contributed by atoms with Gasteiger partial charge in [-0.25, -0.2) is 0 Å². The molecule has 3 aromatic heterocycles. The van der Waals surface area contributed by atoms with E-state index in [0.717, 1.165) is 16.7 Å². The molecule has 0 radical (unpaired) electrons. The summed E-state index contributed by atoms with van der Waals surface area (Å²) in [7, 11) is 0. The highest BCUT2D eigenvalue weighted by atomic mass is 32.1. The highest BCUT2D eigenvalue weighted by Gasteiger charge is 2.19. The number of H-pyrrole nitrogens is 1. The molecule has 0 bridgehead atoms. The maximum Gasteiger partial charge on any atom is 0.260 e. The van der Waals surface area contributed by atoms with Crippen LogP contribution in [0.3, 0.4) is 0 Å². The topological polar surface area (TPSA) is 66.0 Å². The van der Waals surface area contributed by atoms with Crippen LogP contribution in [0, 0.1) is 6.92 Å². The number of aromatic nitrogens is 2. The lowest BCUT2D eigenvalue weighted by Gasteiger charge is -2.08. The summed E-state index contributed by atoms with van der Waals surface area (Å²) in [6, 6.07) is 20.2. The molecular formula is C25H18N2O2S. The Morgan fingerprint density at radius 3 is 2.43 bits per heavy atom. The first-order chi connectivity index (χ1) is 14.6. The van der Waals surface area contributed by atoms with Crippen LogP contribution in [-0.4, -0.2) is 15.1 Å². The normalized spacial score (nSPS) is 11.1. The fourth-order valence-electron chi connectivity index (χ4n) is 3.74. The molecule has 0 spiro atoms. The van der Waals surface area contributed by atoms with Crippen LogP contribution in [0.25, 0.3) is 43.6 Å². The molecule has 146 valence electrons. The average molecular weight is 410 g/mol. The van der Waals surface area contributed by atoms with Crippen molar-refractivity contribution < 1.29 is 5.11 Å². The summed E-state index contributed by atoms with van der Waals surface area (Å²) >= 11 is 1.41. The largest absolute Gasteiger partial charge is 0.506 e. The Hall–Kier alpha value is -3.70. The summed E-state index contributed by atoms with van der Waals surface area (Å²) in [5.41, 5.74) is 5.91. The molecule has 0 aliphatic heterocycles. The summed E-state index contributed by atoms with van der Waals surface area (Å²) in [5.74, 6) is -0.0132. The predicted octanol–water partition coefficient (Wildman–Crippen LogP) is 6.00. The van der Waals surface area contributed by atoms with Crippen molar-refractivity contribution in [2.45, 2.75) is 6.92 Å². The van der Waals surface area contributed by atoms with E-state index < -0.39 is 0 Å². The van der Waals surface area contributed by atoms with Gasteiger partial charge in [0.25, 0.3) is 5.56 Å². The Kier molecular flexibility index (Phi) is 4.45. The molecule has 0 saturated heterocycles. The van der Waals surface area contributed by atoms with Crippen LogP contribution in [0.4, 0.5) is 0 Å². The van der Waals surface area contributed by atoms with E-state index in [1.54, 1.807) is 24.5 Å². The van der Waals surface area contributed by atoms with Crippen molar-refractivity contribution in [2.75, 3.05) is 0 Å². The van der Waals surface area contributed by atoms with E-state index in [9.17, 15) is 9.90 Å². The fourth-order valence-corrected chi connectivity index (χ4v) is 4.71. The van der Waals surface area contributed by atoms with Gasteiger partial charge < -0.3 is 10.1 Å². The predicted molar refractivity (Wildman–Crippen MR) is 123 cm³/mol. The maximum atomic E-state index is 12.6. The quantitative estimate of drug-likeness (QED) is 0.383. The molecule has 2 aromatic carbocycles. The molecule has 0 saturated carbocycles. The van der Waals surface area contributed by atoms with E-state index in [2.05, 4.69) is 53.3 Å².